The zero-order chi connectivity index (χ0) is 20.6. The molecule has 0 saturated heterocycles. The summed E-state index contributed by atoms with van der Waals surface area (Å²) in [6.45, 7) is 5.75. The van der Waals surface area contributed by atoms with Crippen LogP contribution < -0.4 is 4.57 Å². The maximum atomic E-state index is 2.52. The summed E-state index contributed by atoms with van der Waals surface area (Å²) in [5, 5.41) is 0. The zero-order valence-corrected chi connectivity index (χ0v) is 19.2. The first-order valence-electron chi connectivity index (χ1n) is 12.5. The fraction of sp³-hybridized carbons (Fsp3) is 0.667. The molecule has 2 nitrogen and oxygen atoms in total. The molecular formula is C27H45N2+. The third-order valence-corrected chi connectivity index (χ3v) is 6.05. The van der Waals surface area contributed by atoms with Crippen LogP contribution in [0.3, 0.4) is 0 Å². The van der Waals surface area contributed by atoms with Gasteiger partial charge in [-0.25, -0.2) is 4.57 Å². The summed E-state index contributed by atoms with van der Waals surface area (Å²) in [6, 6.07) is 10.8. The monoisotopic (exact) mass is 397 g/mol. The quantitative estimate of drug-likeness (QED) is 0.190. The largest absolute Gasteiger partial charge is 0.261 e. The van der Waals surface area contributed by atoms with Gasteiger partial charge in [-0.05, 0) is 31.4 Å². The van der Waals surface area contributed by atoms with Crippen LogP contribution in [0.15, 0.2) is 42.7 Å². The van der Waals surface area contributed by atoms with Crippen molar-refractivity contribution in [3.8, 4) is 5.69 Å². The van der Waals surface area contributed by atoms with Gasteiger partial charge in [-0.2, -0.15) is 4.57 Å². The first-order chi connectivity index (χ1) is 14.4. The lowest BCUT2D eigenvalue weighted by molar-refractivity contribution is -0.704. The molecule has 2 aromatic rings. The van der Waals surface area contributed by atoms with Crippen molar-refractivity contribution >= 4 is 0 Å². The van der Waals surface area contributed by atoms with Crippen LogP contribution >= 0.6 is 0 Å². The second-order valence-electron chi connectivity index (χ2n) is 8.61. The fourth-order valence-corrected chi connectivity index (χ4v) is 4.23. The highest BCUT2D eigenvalue weighted by molar-refractivity contribution is 5.31. The summed E-state index contributed by atoms with van der Waals surface area (Å²) in [6.07, 6.45) is 25.0. The Bertz CT molecular complexity index is 629. The van der Waals surface area contributed by atoms with Gasteiger partial charge < -0.3 is 0 Å². The van der Waals surface area contributed by atoms with Crippen LogP contribution in [0.4, 0.5) is 0 Å². The molecule has 162 valence electrons. The van der Waals surface area contributed by atoms with E-state index in [2.05, 4.69) is 65.7 Å². The van der Waals surface area contributed by atoms with Crippen molar-refractivity contribution in [2.24, 2.45) is 0 Å². The molecule has 29 heavy (non-hydrogen) atoms. The lowest BCUT2D eigenvalue weighted by Crippen LogP contribution is -2.37. The molecule has 1 heterocycles. The number of imidazole rings is 1. The standard InChI is InChI=1S/C27H45N2/c1-3-5-7-9-10-11-12-14-19-23-28-24-25-29(26-20-16-15-17-21-26)27(28)22-18-13-8-6-4-2/h15-17,20-21,24-25H,3-14,18-19,22-23H2,1-2H3/q+1. The normalized spacial score (nSPS) is 11.2. The molecule has 0 aliphatic heterocycles. The molecule has 0 aliphatic carbocycles. The molecule has 0 N–H and O–H groups in total. The average molecular weight is 398 g/mol. The Morgan fingerprint density at radius 2 is 1.21 bits per heavy atom. The third-order valence-electron chi connectivity index (χ3n) is 6.05. The molecule has 1 aromatic carbocycles. The lowest BCUT2D eigenvalue weighted by atomic mass is 10.1. The van der Waals surface area contributed by atoms with Crippen molar-refractivity contribution in [3.63, 3.8) is 0 Å². The molecule has 0 unspecified atom stereocenters. The van der Waals surface area contributed by atoms with Gasteiger partial charge in [0.25, 0.3) is 5.82 Å². The Morgan fingerprint density at radius 3 is 1.83 bits per heavy atom. The van der Waals surface area contributed by atoms with E-state index in [1.807, 2.05) is 0 Å². The van der Waals surface area contributed by atoms with E-state index in [1.165, 1.54) is 114 Å². The van der Waals surface area contributed by atoms with Crippen molar-refractivity contribution in [2.75, 3.05) is 0 Å². The van der Waals surface area contributed by atoms with Gasteiger partial charge in [0.05, 0.1) is 6.54 Å². The van der Waals surface area contributed by atoms with Crippen LogP contribution in [0, 0.1) is 0 Å². The molecule has 0 amide bonds. The van der Waals surface area contributed by atoms with Crippen LogP contribution in [-0.2, 0) is 13.0 Å². The summed E-state index contributed by atoms with van der Waals surface area (Å²) >= 11 is 0. The van der Waals surface area contributed by atoms with Crippen molar-refractivity contribution in [1.82, 2.24) is 4.57 Å². The molecule has 2 rings (SSSR count). The van der Waals surface area contributed by atoms with Gasteiger partial charge in [-0.15, -0.1) is 0 Å². The number of hydrogen-bond donors (Lipinski definition) is 0. The number of unbranched alkanes of at least 4 members (excludes halogenated alkanes) is 12. The smallest absolute Gasteiger partial charge is 0.234 e. The topological polar surface area (TPSA) is 8.81 Å². The van der Waals surface area contributed by atoms with Gasteiger partial charge in [0.15, 0.2) is 0 Å². The van der Waals surface area contributed by atoms with Crippen LogP contribution in [0.1, 0.15) is 110 Å². The highest BCUT2D eigenvalue weighted by Crippen LogP contribution is 2.14. The molecule has 0 spiro atoms. The van der Waals surface area contributed by atoms with E-state index in [-0.39, 0.29) is 0 Å². The lowest BCUT2D eigenvalue weighted by Gasteiger charge is -2.06. The van der Waals surface area contributed by atoms with Crippen LogP contribution in [0.2, 0.25) is 0 Å². The van der Waals surface area contributed by atoms with Gasteiger partial charge in [0.2, 0.25) is 0 Å². The third kappa shape index (κ3) is 9.19. The van der Waals surface area contributed by atoms with Crippen LogP contribution in [0.25, 0.3) is 5.69 Å². The molecule has 0 radical (unpaired) electrons. The molecule has 1 aromatic heterocycles. The summed E-state index contributed by atoms with van der Waals surface area (Å²) in [4.78, 5) is 0. The maximum Gasteiger partial charge on any atom is 0.261 e. The minimum Gasteiger partial charge on any atom is -0.234 e. The van der Waals surface area contributed by atoms with E-state index in [0.29, 0.717) is 0 Å². The summed E-state index contributed by atoms with van der Waals surface area (Å²) in [7, 11) is 0. The molecule has 0 aliphatic rings. The molecule has 0 saturated carbocycles. The van der Waals surface area contributed by atoms with Gasteiger partial charge in [-0.1, -0.05) is 103 Å². The number of para-hydroxylation sites is 1. The van der Waals surface area contributed by atoms with Crippen molar-refractivity contribution in [1.29, 1.82) is 0 Å². The van der Waals surface area contributed by atoms with E-state index in [1.54, 1.807) is 0 Å². The summed E-state index contributed by atoms with van der Waals surface area (Å²) in [5.74, 6) is 1.48. The second kappa shape index (κ2) is 15.3. The minimum atomic E-state index is 1.17. The number of aryl methyl sites for hydroxylation is 1. The molecular weight excluding hydrogens is 352 g/mol. The second-order valence-corrected chi connectivity index (χ2v) is 8.61. The Labute approximate surface area is 180 Å². The van der Waals surface area contributed by atoms with Crippen molar-refractivity contribution in [3.05, 3.63) is 48.5 Å². The van der Waals surface area contributed by atoms with Gasteiger partial charge >= 0.3 is 0 Å². The first-order valence-corrected chi connectivity index (χ1v) is 12.5. The molecule has 2 heteroatoms. The molecule has 0 fully saturated rings. The average Bonchev–Trinajstić information content (AvgIpc) is 3.15. The van der Waals surface area contributed by atoms with E-state index in [0.717, 1.165) is 0 Å². The fourth-order valence-electron chi connectivity index (χ4n) is 4.23. The highest BCUT2D eigenvalue weighted by atomic mass is 15.1. The van der Waals surface area contributed by atoms with E-state index < -0.39 is 0 Å². The number of aromatic nitrogens is 2. The van der Waals surface area contributed by atoms with E-state index in [4.69, 9.17) is 0 Å². The Balaban J connectivity index is 1.82. The maximum absolute atomic E-state index is 2.52. The Hall–Kier alpha value is -1.57. The summed E-state index contributed by atoms with van der Waals surface area (Å²) < 4.78 is 4.93. The van der Waals surface area contributed by atoms with Gasteiger partial charge in [0.1, 0.15) is 18.1 Å². The van der Waals surface area contributed by atoms with Crippen molar-refractivity contribution in [2.45, 2.75) is 117 Å². The number of rotatable bonds is 17. The molecule has 0 bridgehead atoms. The number of benzene rings is 1. The van der Waals surface area contributed by atoms with Gasteiger partial charge in [0, 0.05) is 6.42 Å². The predicted molar refractivity (Wildman–Crippen MR) is 126 cm³/mol. The SMILES string of the molecule is CCCCCCCCCCC[n+]1ccn(-c2ccccc2)c1CCCCCCC. The Kier molecular flexibility index (Phi) is 12.5. The zero-order valence-electron chi connectivity index (χ0n) is 19.2. The van der Waals surface area contributed by atoms with Crippen LogP contribution in [-0.4, -0.2) is 4.57 Å². The van der Waals surface area contributed by atoms with E-state index >= 15 is 0 Å². The molecule has 0 atom stereocenters. The van der Waals surface area contributed by atoms with Crippen LogP contribution in [0.5, 0.6) is 0 Å². The highest BCUT2D eigenvalue weighted by Gasteiger charge is 2.18. The van der Waals surface area contributed by atoms with Gasteiger partial charge in [-0.3, -0.25) is 0 Å². The Morgan fingerprint density at radius 1 is 0.655 bits per heavy atom. The number of hydrogen-bond acceptors (Lipinski definition) is 0. The predicted octanol–water partition coefficient (Wildman–Crippen LogP) is 7.81. The van der Waals surface area contributed by atoms with E-state index in [9.17, 15) is 0 Å². The first kappa shape index (κ1) is 23.7. The summed E-state index contributed by atoms with van der Waals surface area (Å²) in [5.41, 5.74) is 1.29. The van der Waals surface area contributed by atoms with Crippen molar-refractivity contribution < 1.29 is 4.57 Å². The minimum absolute atomic E-state index is 1.17. The number of nitrogens with zero attached hydrogens (tertiary/aromatic N) is 2.